The molecule has 3 atom stereocenters. The fourth-order valence-electron chi connectivity index (χ4n) is 6.69. The van der Waals surface area contributed by atoms with Gasteiger partial charge in [0.25, 0.3) is 0 Å². The minimum atomic E-state index is -0.0750. The number of rotatable bonds is 3. The fraction of sp³-hybridized carbons (Fsp3) is 0.611. The summed E-state index contributed by atoms with van der Waals surface area (Å²) in [4.78, 5) is 35.1. The van der Waals surface area contributed by atoms with Crippen LogP contribution in [0.25, 0.3) is 0 Å². The van der Waals surface area contributed by atoms with E-state index in [0.29, 0.717) is 19.3 Å². The Hall–Kier alpha value is -3.93. The lowest BCUT2D eigenvalue weighted by molar-refractivity contribution is -0.150. The van der Waals surface area contributed by atoms with Gasteiger partial charge in [0.2, 0.25) is 0 Å². The minimum absolute atomic E-state index is 0.0231. The summed E-state index contributed by atoms with van der Waals surface area (Å²) < 4.78 is 16.4. The molecule has 3 unspecified atom stereocenters. The highest BCUT2D eigenvalue weighted by atomic mass is 16.5. The molecule has 0 radical (unpaired) electrons. The van der Waals surface area contributed by atoms with Gasteiger partial charge in [0.05, 0.1) is 6.10 Å². The summed E-state index contributed by atoms with van der Waals surface area (Å²) in [5.74, 6) is -0.124. The molecule has 3 aliphatic heterocycles. The second kappa shape index (κ2) is 41.8. The zero-order valence-corrected chi connectivity index (χ0v) is 38.2. The van der Waals surface area contributed by atoms with E-state index in [2.05, 4.69) is 86.8 Å². The zero-order valence-electron chi connectivity index (χ0n) is 38.2. The van der Waals surface area contributed by atoms with Crippen molar-refractivity contribution >= 4 is 17.9 Å². The van der Waals surface area contributed by atoms with Crippen molar-refractivity contribution < 1.29 is 28.6 Å². The fourth-order valence-corrected chi connectivity index (χ4v) is 6.69. The first-order valence-electron chi connectivity index (χ1n) is 24.0. The number of esters is 3. The number of allylic oxidation sites excluding steroid dienone is 16. The molecule has 6 nitrogen and oxygen atoms in total. The molecule has 60 heavy (non-hydrogen) atoms. The van der Waals surface area contributed by atoms with Crippen LogP contribution in [0.5, 0.6) is 0 Å². The van der Waals surface area contributed by atoms with Crippen LogP contribution in [-0.4, -0.2) is 36.2 Å². The summed E-state index contributed by atoms with van der Waals surface area (Å²) >= 11 is 0. The molecule has 0 saturated heterocycles. The Morgan fingerprint density at radius 2 is 0.850 bits per heavy atom. The first-order chi connectivity index (χ1) is 29.4. The first kappa shape index (κ1) is 54.1. The van der Waals surface area contributed by atoms with Gasteiger partial charge in [-0.3, -0.25) is 14.4 Å². The van der Waals surface area contributed by atoms with Crippen LogP contribution >= 0.6 is 0 Å². The predicted octanol–water partition coefficient (Wildman–Crippen LogP) is 15.3. The molecule has 0 aromatic heterocycles. The van der Waals surface area contributed by atoms with Gasteiger partial charge >= 0.3 is 17.9 Å². The van der Waals surface area contributed by atoms with Gasteiger partial charge in [0.15, 0.2) is 0 Å². The molecule has 0 N–H and O–H groups in total. The highest BCUT2D eigenvalue weighted by molar-refractivity contribution is 5.70. The lowest BCUT2D eigenvalue weighted by atomic mass is 10.1. The van der Waals surface area contributed by atoms with Gasteiger partial charge in [0, 0.05) is 25.7 Å². The normalized spacial score (nSPS) is 28.1. The summed E-state index contributed by atoms with van der Waals surface area (Å²) in [7, 11) is 0. The van der Waals surface area contributed by atoms with Crippen molar-refractivity contribution in [3.8, 4) is 0 Å². The van der Waals surface area contributed by atoms with Crippen LogP contribution in [0.4, 0.5) is 0 Å². The molecule has 0 bridgehead atoms. The Balaban J connectivity index is 0.000000450. The van der Waals surface area contributed by atoms with Crippen molar-refractivity contribution in [2.45, 2.75) is 212 Å². The molecular formula is C54H84O6. The Morgan fingerprint density at radius 3 is 1.33 bits per heavy atom. The maximum absolute atomic E-state index is 11.8. The summed E-state index contributed by atoms with van der Waals surface area (Å²) in [6.07, 6.45) is 65.4. The molecule has 0 aromatic rings. The van der Waals surface area contributed by atoms with Crippen molar-refractivity contribution in [2.75, 3.05) is 0 Å². The molecule has 0 aliphatic carbocycles. The van der Waals surface area contributed by atoms with Crippen molar-refractivity contribution in [1.82, 2.24) is 0 Å². The number of hydrogen-bond acceptors (Lipinski definition) is 6. The number of carbonyl (C=O) groups excluding carboxylic acids is 3. The largest absolute Gasteiger partial charge is 0.463 e. The molecule has 0 saturated carbocycles. The summed E-state index contributed by atoms with van der Waals surface area (Å²) in [5, 5.41) is 0. The molecule has 0 spiro atoms. The lowest BCUT2D eigenvalue weighted by Crippen LogP contribution is -2.16. The Bertz CT molecular complexity index is 1340. The van der Waals surface area contributed by atoms with Crippen molar-refractivity contribution in [3.63, 3.8) is 0 Å². The van der Waals surface area contributed by atoms with Crippen LogP contribution in [0.1, 0.15) is 194 Å². The van der Waals surface area contributed by atoms with Gasteiger partial charge in [-0.2, -0.15) is 0 Å². The maximum Gasteiger partial charge on any atom is 0.306 e. The maximum atomic E-state index is 11.8. The molecule has 0 amide bonds. The Kier molecular flexibility index (Phi) is 37.7. The van der Waals surface area contributed by atoms with E-state index in [1.54, 1.807) is 0 Å². The highest BCUT2D eigenvalue weighted by Crippen LogP contribution is 2.14. The van der Waals surface area contributed by atoms with Crippen molar-refractivity contribution in [3.05, 3.63) is 109 Å². The number of ether oxygens (including phenoxy) is 3. The molecular weight excluding hydrogens is 745 g/mol. The van der Waals surface area contributed by atoms with Crippen molar-refractivity contribution in [1.29, 1.82) is 0 Å². The van der Waals surface area contributed by atoms with Crippen LogP contribution < -0.4 is 0 Å². The number of cyclic esters (lactones) is 3. The van der Waals surface area contributed by atoms with E-state index in [-0.39, 0.29) is 36.2 Å². The van der Waals surface area contributed by atoms with Crippen LogP contribution in [0.3, 0.4) is 0 Å². The molecule has 3 aliphatic rings. The van der Waals surface area contributed by atoms with E-state index in [1.165, 1.54) is 57.8 Å². The highest BCUT2D eigenvalue weighted by Gasteiger charge is 2.12. The van der Waals surface area contributed by atoms with Gasteiger partial charge in [-0.05, 0) is 96.5 Å². The summed E-state index contributed by atoms with van der Waals surface area (Å²) in [5.41, 5.74) is 0. The molecule has 6 heteroatoms. The van der Waals surface area contributed by atoms with Gasteiger partial charge in [0.1, 0.15) is 12.2 Å². The summed E-state index contributed by atoms with van der Waals surface area (Å²) in [6.45, 7) is 6.15. The van der Waals surface area contributed by atoms with Gasteiger partial charge in [-0.25, -0.2) is 0 Å². The molecule has 3 rings (SSSR count). The van der Waals surface area contributed by atoms with E-state index < -0.39 is 0 Å². The molecule has 0 fully saturated rings. The van der Waals surface area contributed by atoms with E-state index in [0.717, 1.165) is 96.3 Å². The average Bonchev–Trinajstić information content (AvgIpc) is 3.23. The van der Waals surface area contributed by atoms with Crippen LogP contribution in [-0.2, 0) is 28.6 Å². The Labute approximate surface area is 367 Å². The second-order valence-corrected chi connectivity index (χ2v) is 16.1. The smallest absolute Gasteiger partial charge is 0.306 e. The average molecular weight is 829 g/mol. The third-order valence-electron chi connectivity index (χ3n) is 10.3. The first-order valence-corrected chi connectivity index (χ1v) is 24.0. The lowest BCUT2D eigenvalue weighted by Gasteiger charge is -2.14. The quantitative estimate of drug-likeness (QED) is 0.208. The Morgan fingerprint density at radius 1 is 0.450 bits per heavy atom. The number of hydrogen-bond donors (Lipinski definition) is 0. The van der Waals surface area contributed by atoms with Gasteiger partial charge < -0.3 is 14.2 Å². The molecule has 336 valence electrons. The summed E-state index contributed by atoms with van der Waals surface area (Å²) in [6, 6.07) is 0. The minimum Gasteiger partial charge on any atom is -0.463 e. The van der Waals surface area contributed by atoms with Gasteiger partial charge in [-0.15, -0.1) is 0 Å². The third kappa shape index (κ3) is 37.1. The topological polar surface area (TPSA) is 78.9 Å². The van der Waals surface area contributed by atoms with Crippen LogP contribution in [0.2, 0.25) is 0 Å². The van der Waals surface area contributed by atoms with E-state index >= 15 is 0 Å². The van der Waals surface area contributed by atoms with Gasteiger partial charge in [-0.1, -0.05) is 181 Å². The molecule has 0 aromatic carbocycles. The van der Waals surface area contributed by atoms with Crippen LogP contribution in [0, 0.1) is 0 Å². The number of carbonyl (C=O) groups is 3. The standard InChI is InChI=1S/3C18H28O2/c1-17-15-13-11-9-7-5-3-2-4-6-8-10-12-14-16-18(19)20-17;1-2-17-15-13-11-9-7-5-3-4-6-8-10-12-14-16-18(19)20-17;1-2-14-17-15-12-10-8-6-4-3-5-7-9-11-13-16-18(19)20-17/h2-3,5,7,9,11,17H,4,6,8,10,12-16H2,1H3;3,5,7,9,11,13,17H,2,4,6,8,10,12,14-16H2,1H3;4,6,8,10,12,15,17H,2-3,5,7,9,11,13-14,16H2,1H3/b3-2-,7-5+,11-9+;5-3-,9-7+,13-11+;6-4-,10-8+,15-12+. The van der Waals surface area contributed by atoms with Crippen molar-refractivity contribution in [2.24, 2.45) is 0 Å². The van der Waals surface area contributed by atoms with E-state index in [1.807, 2.05) is 43.4 Å². The third-order valence-corrected chi connectivity index (χ3v) is 10.3. The zero-order chi connectivity index (χ0) is 43.4. The SMILES string of the molecule is CC1CC/C=C/C=C/C=C\CCCCCCCC(=O)O1.CCC1C/C=C/C=C/C=C\CCCCCCCC(=O)O1.CCCC1/C=C/C=C/C=C\CCCCCCCC(=O)O1. The second-order valence-electron chi connectivity index (χ2n) is 16.1. The molecule has 3 heterocycles. The predicted molar refractivity (Wildman–Crippen MR) is 254 cm³/mol. The van der Waals surface area contributed by atoms with E-state index in [9.17, 15) is 14.4 Å². The van der Waals surface area contributed by atoms with Crippen LogP contribution in [0.15, 0.2) is 109 Å². The van der Waals surface area contributed by atoms with E-state index in [4.69, 9.17) is 14.2 Å². The monoisotopic (exact) mass is 829 g/mol.